The van der Waals surface area contributed by atoms with Crippen molar-refractivity contribution in [2.45, 2.75) is 39.7 Å². The van der Waals surface area contributed by atoms with Crippen LogP contribution in [0.4, 0.5) is 5.69 Å². The quantitative estimate of drug-likeness (QED) is 0.759. The number of fused-ring (bicyclic) bond motifs is 1. The number of carbonyl (C=O) groups is 1. The summed E-state index contributed by atoms with van der Waals surface area (Å²) in [5, 5.41) is 0. The molecule has 16 heavy (non-hydrogen) atoms. The summed E-state index contributed by atoms with van der Waals surface area (Å²) in [6.45, 7) is 6.79. The van der Waals surface area contributed by atoms with E-state index in [2.05, 4.69) is 30.0 Å². The molecule has 2 rings (SSSR count). The molecule has 0 saturated carbocycles. The first kappa shape index (κ1) is 11.2. The minimum Gasteiger partial charge on any atom is -0.362 e. The second kappa shape index (κ2) is 4.28. The van der Waals surface area contributed by atoms with E-state index in [4.69, 9.17) is 0 Å². The van der Waals surface area contributed by atoms with Gasteiger partial charge in [-0.15, -0.1) is 0 Å². The highest BCUT2D eigenvalue weighted by molar-refractivity contribution is 5.85. The number of nitrogens with zero attached hydrogens (tertiary/aromatic N) is 1. The Morgan fingerprint density at radius 1 is 1.44 bits per heavy atom. The molecule has 2 heteroatoms. The van der Waals surface area contributed by atoms with Crippen LogP contribution in [0.5, 0.6) is 0 Å². The van der Waals surface area contributed by atoms with Gasteiger partial charge in [-0.1, -0.05) is 17.7 Å². The van der Waals surface area contributed by atoms with Crippen molar-refractivity contribution < 1.29 is 4.79 Å². The lowest BCUT2D eigenvalue weighted by Crippen LogP contribution is -2.41. The molecule has 1 aliphatic rings. The third-order valence-corrected chi connectivity index (χ3v) is 3.45. The summed E-state index contributed by atoms with van der Waals surface area (Å²) >= 11 is 0. The molecule has 1 heterocycles. The van der Waals surface area contributed by atoms with E-state index < -0.39 is 0 Å². The number of benzene rings is 1. The summed E-state index contributed by atoms with van der Waals surface area (Å²) in [5.41, 5.74) is 3.94. The number of rotatable bonds is 2. The van der Waals surface area contributed by atoms with Gasteiger partial charge in [-0.05, 0) is 45.2 Å². The van der Waals surface area contributed by atoms with E-state index in [-0.39, 0.29) is 11.8 Å². The number of hydrogen-bond acceptors (Lipinski definition) is 2. The van der Waals surface area contributed by atoms with Gasteiger partial charge in [-0.3, -0.25) is 4.79 Å². The van der Waals surface area contributed by atoms with Gasteiger partial charge < -0.3 is 4.90 Å². The average molecular weight is 217 g/mol. The first-order valence-corrected chi connectivity index (χ1v) is 5.96. The van der Waals surface area contributed by atoms with Gasteiger partial charge in [0.05, 0.1) is 6.04 Å². The Kier molecular flexibility index (Phi) is 2.99. The number of Topliss-reactive ketones (excluding diaryl/α,β-unsaturated/α-hetero) is 1. The smallest absolute Gasteiger partial charge is 0.151 e. The Labute approximate surface area is 97.3 Å². The summed E-state index contributed by atoms with van der Waals surface area (Å²) in [5.74, 6) is 0.244. The lowest BCUT2D eigenvalue weighted by molar-refractivity contribution is -0.117. The molecule has 86 valence electrons. The number of carbonyl (C=O) groups excluding carboxylic acids is 1. The van der Waals surface area contributed by atoms with Crippen LogP contribution in [0, 0.1) is 6.92 Å². The predicted molar refractivity (Wildman–Crippen MR) is 67.0 cm³/mol. The molecule has 0 bridgehead atoms. The monoisotopic (exact) mass is 217 g/mol. The highest BCUT2D eigenvalue weighted by atomic mass is 16.1. The van der Waals surface area contributed by atoms with Gasteiger partial charge in [-0.25, -0.2) is 0 Å². The van der Waals surface area contributed by atoms with Crippen molar-refractivity contribution in [1.82, 2.24) is 0 Å². The SMILES string of the molecule is CC(=O)C(C)N1CCCc2cc(C)ccc21. The fourth-order valence-corrected chi connectivity index (χ4v) is 2.38. The predicted octanol–water partition coefficient (Wildman–Crippen LogP) is 2.73. The molecule has 0 N–H and O–H groups in total. The molecule has 0 amide bonds. The molecule has 1 aliphatic heterocycles. The van der Waals surface area contributed by atoms with Crippen molar-refractivity contribution in [2.75, 3.05) is 11.4 Å². The van der Waals surface area contributed by atoms with Gasteiger partial charge >= 0.3 is 0 Å². The van der Waals surface area contributed by atoms with Gasteiger partial charge in [0, 0.05) is 12.2 Å². The molecule has 0 spiro atoms. The van der Waals surface area contributed by atoms with E-state index in [0.717, 1.165) is 19.4 Å². The summed E-state index contributed by atoms with van der Waals surface area (Å²) in [6.07, 6.45) is 2.28. The minimum atomic E-state index is 0.00163. The van der Waals surface area contributed by atoms with Crippen molar-refractivity contribution in [2.24, 2.45) is 0 Å². The van der Waals surface area contributed by atoms with Gasteiger partial charge in [0.15, 0.2) is 5.78 Å². The van der Waals surface area contributed by atoms with Crippen molar-refractivity contribution in [1.29, 1.82) is 0 Å². The number of anilines is 1. The topological polar surface area (TPSA) is 20.3 Å². The summed E-state index contributed by atoms with van der Waals surface area (Å²) in [7, 11) is 0. The van der Waals surface area contributed by atoms with Crippen LogP contribution in [0.25, 0.3) is 0 Å². The van der Waals surface area contributed by atoms with E-state index >= 15 is 0 Å². The molecular formula is C14H19NO. The van der Waals surface area contributed by atoms with E-state index in [0.29, 0.717) is 0 Å². The fraction of sp³-hybridized carbons (Fsp3) is 0.500. The average Bonchev–Trinajstić information content (AvgIpc) is 2.26. The molecule has 0 aliphatic carbocycles. The number of aryl methyl sites for hydroxylation is 2. The van der Waals surface area contributed by atoms with E-state index in [9.17, 15) is 4.79 Å². The first-order valence-electron chi connectivity index (χ1n) is 5.96. The van der Waals surface area contributed by atoms with Gasteiger partial charge in [0.2, 0.25) is 0 Å². The van der Waals surface area contributed by atoms with Crippen LogP contribution < -0.4 is 4.90 Å². The Morgan fingerprint density at radius 2 is 2.19 bits per heavy atom. The van der Waals surface area contributed by atoms with Crippen LogP contribution in [0.2, 0.25) is 0 Å². The lowest BCUT2D eigenvalue weighted by Gasteiger charge is -2.35. The molecule has 1 aromatic rings. The Hall–Kier alpha value is -1.31. The van der Waals surface area contributed by atoms with Crippen LogP contribution in [0.1, 0.15) is 31.4 Å². The molecule has 1 atom stereocenters. The number of ketones is 1. The van der Waals surface area contributed by atoms with Crippen molar-refractivity contribution >= 4 is 11.5 Å². The Balaban J connectivity index is 2.36. The maximum Gasteiger partial charge on any atom is 0.151 e. The normalized spacial score (nSPS) is 16.8. The highest BCUT2D eigenvalue weighted by Gasteiger charge is 2.23. The summed E-state index contributed by atoms with van der Waals surface area (Å²) < 4.78 is 0. The minimum absolute atomic E-state index is 0.00163. The van der Waals surface area contributed by atoms with Crippen LogP contribution in [-0.2, 0) is 11.2 Å². The van der Waals surface area contributed by atoms with Gasteiger partial charge in [0.25, 0.3) is 0 Å². The molecule has 1 aromatic carbocycles. The lowest BCUT2D eigenvalue weighted by atomic mass is 9.97. The van der Waals surface area contributed by atoms with E-state index in [1.165, 1.54) is 16.8 Å². The maximum absolute atomic E-state index is 11.5. The zero-order valence-corrected chi connectivity index (χ0v) is 10.3. The largest absolute Gasteiger partial charge is 0.362 e. The van der Waals surface area contributed by atoms with Crippen LogP contribution >= 0.6 is 0 Å². The standard InChI is InChI=1S/C14H19NO/c1-10-6-7-14-13(9-10)5-4-8-15(14)11(2)12(3)16/h6-7,9,11H,4-5,8H2,1-3H3. The van der Waals surface area contributed by atoms with E-state index in [1.807, 2.05) is 6.92 Å². The van der Waals surface area contributed by atoms with Crippen molar-refractivity contribution in [3.63, 3.8) is 0 Å². The second-order valence-corrected chi connectivity index (χ2v) is 4.72. The molecule has 0 radical (unpaired) electrons. The Morgan fingerprint density at radius 3 is 2.88 bits per heavy atom. The molecule has 0 fully saturated rings. The van der Waals surface area contributed by atoms with Crippen LogP contribution in [-0.4, -0.2) is 18.4 Å². The molecule has 0 aromatic heterocycles. The van der Waals surface area contributed by atoms with Crippen LogP contribution in [0.3, 0.4) is 0 Å². The molecule has 1 unspecified atom stereocenters. The molecule has 2 nitrogen and oxygen atoms in total. The zero-order chi connectivity index (χ0) is 11.7. The third kappa shape index (κ3) is 1.97. The number of hydrogen-bond donors (Lipinski definition) is 0. The zero-order valence-electron chi connectivity index (χ0n) is 10.3. The van der Waals surface area contributed by atoms with Gasteiger partial charge in [-0.2, -0.15) is 0 Å². The Bertz CT molecular complexity index is 411. The van der Waals surface area contributed by atoms with Crippen molar-refractivity contribution in [3.8, 4) is 0 Å². The first-order chi connectivity index (χ1) is 7.59. The highest BCUT2D eigenvalue weighted by Crippen LogP contribution is 2.29. The second-order valence-electron chi connectivity index (χ2n) is 4.72. The van der Waals surface area contributed by atoms with Crippen molar-refractivity contribution in [3.05, 3.63) is 29.3 Å². The summed E-state index contributed by atoms with van der Waals surface area (Å²) in [4.78, 5) is 13.7. The van der Waals surface area contributed by atoms with Gasteiger partial charge in [0.1, 0.15) is 0 Å². The molecular weight excluding hydrogens is 198 g/mol. The molecule has 0 saturated heterocycles. The fourth-order valence-electron chi connectivity index (χ4n) is 2.38. The maximum atomic E-state index is 11.5. The van der Waals surface area contributed by atoms with E-state index in [1.54, 1.807) is 6.92 Å². The third-order valence-electron chi connectivity index (χ3n) is 3.45. The summed E-state index contributed by atoms with van der Waals surface area (Å²) in [6, 6.07) is 6.53. The van der Waals surface area contributed by atoms with Crippen LogP contribution in [0.15, 0.2) is 18.2 Å².